The van der Waals surface area contributed by atoms with E-state index in [1.54, 1.807) is 0 Å². The van der Waals surface area contributed by atoms with Crippen molar-refractivity contribution in [1.82, 2.24) is 4.90 Å². The maximum absolute atomic E-state index is 12.0. The molecule has 1 rings (SSSR count). The number of benzene rings is 1. The number of rotatable bonds is 3. The van der Waals surface area contributed by atoms with E-state index in [0.29, 0.717) is 0 Å². The van der Waals surface area contributed by atoms with Crippen molar-refractivity contribution in [2.45, 2.75) is 20.8 Å². The number of carbonyl (C=O) groups is 1. The Kier molecular flexibility index (Phi) is 4.57. The molecule has 1 aromatic carbocycles. The molecular formula is C12H16INO. The molecule has 0 aliphatic carbocycles. The number of aryl methyl sites for hydroxylation is 1. The van der Waals surface area contributed by atoms with E-state index in [9.17, 15) is 4.79 Å². The highest BCUT2D eigenvalue weighted by Crippen LogP contribution is 2.13. The lowest BCUT2D eigenvalue weighted by Crippen LogP contribution is -2.30. The van der Waals surface area contributed by atoms with Gasteiger partial charge in [-0.2, -0.15) is 0 Å². The minimum Gasteiger partial charge on any atom is -0.339 e. The first-order valence-corrected chi connectivity index (χ1v) is 6.22. The van der Waals surface area contributed by atoms with E-state index in [0.717, 1.165) is 27.8 Å². The molecule has 0 radical (unpaired) electrons. The van der Waals surface area contributed by atoms with Crippen molar-refractivity contribution in [1.29, 1.82) is 0 Å². The molecule has 0 bridgehead atoms. The highest BCUT2D eigenvalue weighted by molar-refractivity contribution is 14.1. The van der Waals surface area contributed by atoms with Gasteiger partial charge in [0.15, 0.2) is 0 Å². The van der Waals surface area contributed by atoms with Crippen LogP contribution in [-0.2, 0) is 0 Å². The first-order valence-electron chi connectivity index (χ1n) is 5.15. The normalized spacial score (nSPS) is 10.1. The highest BCUT2D eigenvalue weighted by atomic mass is 127. The molecule has 82 valence electrons. The van der Waals surface area contributed by atoms with Crippen molar-refractivity contribution in [2.75, 3.05) is 13.1 Å². The molecule has 0 saturated carbocycles. The van der Waals surface area contributed by atoms with Gasteiger partial charge in [0.2, 0.25) is 0 Å². The van der Waals surface area contributed by atoms with Gasteiger partial charge in [0.05, 0.1) is 0 Å². The number of amides is 1. The quantitative estimate of drug-likeness (QED) is 0.785. The van der Waals surface area contributed by atoms with Crippen LogP contribution in [0.5, 0.6) is 0 Å². The van der Waals surface area contributed by atoms with Gasteiger partial charge in [-0.1, -0.05) is 0 Å². The van der Waals surface area contributed by atoms with Crippen LogP contribution in [0.1, 0.15) is 29.8 Å². The van der Waals surface area contributed by atoms with Crippen LogP contribution in [0.3, 0.4) is 0 Å². The van der Waals surface area contributed by atoms with Gasteiger partial charge < -0.3 is 4.90 Å². The molecule has 0 heterocycles. The average Bonchev–Trinajstić information content (AvgIpc) is 2.18. The molecule has 0 aliphatic heterocycles. The summed E-state index contributed by atoms with van der Waals surface area (Å²) in [4.78, 5) is 13.9. The van der Waals surface area contributed by atoms with Crippen LogP contribution in [-0.4, -0.2) is 23.9 Å². The Balaban J connectivity index is 3.00. The molecule has 0 aromatic heterocycles. The van der Waals surface area contributed by atoms with Crippen LogP contribution in [0.25, 0.3) is 0 Å². The summed E-state index contributed by atoms with van der Waals surface area (Å²) in [5, 5.41) is 0. The monoisotopic (exact) mass is 317 g/mol. The average molecular weight is 317 g/mol. The molecule has 2 nitrogen and oxygen atoms in total. The second kappa shape index (κ2) is 5.49. The minimum absolute atomic E-state index is 0.126. The van der Waals surface area contributed by atoms with E-state index in [1.165, 1.54) is 0 Å². The minimum atomic E-state index is 0.126. The number of halogens is 1. The van der Waals surface area contributed by atoms with E-state index in [4.69, 9.17) is 0 Å². The summed E-state index contributed by atoms with van der Waals surface area (Å²) in [6.45, 7) is 7.55. The molecule has 0 saturated heterocycles. The zero-order valence-corrected chi connectivity index (χ0v) is 11.5. The Bertz CT molecular complexity index is 338. The summed E-state index contributed by atoms with van der Waals surface area (Å²) in [6, 6.07) is 5.95. The zero-order valence-electron chi connectivity index (χ0n) is 9.38. The Morgan fingerprint density at radius 3 is 2.33 bits per heavy atom. The van der Waals surface area contributed by atoms with Crippen LogP contribution in [0.15, 0.2) is 18.2 Å². The summed E-state index contributed by atoms with van der Waals surface area (Å²) in [7, 11) is 0. The first-order chi connectivity index (χ1) is 7.08. The summed E-state index contributed by atoms with van der Waals surface area (Å²) >= 11 is 2.24. The lowest BCUT2D eigenvalue weighted by atomic mass is 10.1. The molecule has 15 heavy (non-hydrogen) atoms. The molecular weight excluding hydrogens is 301 g/mol. The van der Waals surface area contributed by atoms with Gasteiger partial charge in [-0.3, -0.25) is 4.79 Å². The number of nitrogens with zero attached hydrogens (tertiary/aromatic N) is 1. The van der Waals surface area contributed by atoms with Gasteiger partial charge in [-0.05, 0) is 67.1 Å². The lowest BCUT2D eigenvalue weighted by molar-refractivity contribution is 0.0773. The Hall–Kier alpha value is -0.580. The number of hydrogen-bond donors (Lipinski definition) is 0. The molecule has 3 heteroatoms. The predicted molar refractivity (Wildman–Crippen MR) is 71.1 cm³/mol. The third-order valence-corrected chi connectivity index (χ3v) is 2.96. The summed E-state index contributed by atoms with van der Waals surface area (Å²) in [5.41, 5.74) is 1.93. The van der Waals surface area contributed by atoms with Gasteiger partial charge >= 0.3 is 0 Å². The van der Waals surface area contributed by atoms with Gasteiger partial charge in [0.25, 0.3) is 5.91 Å². The zero-order chi connectivity index (χ0) is 11.4. The van der Waals surface area contributed by atoms with Gasteiger partial charge in [0.1, 0.15) is 0 Å². The first kappa shape index (κ1) is 12.5. The van der Waals surface area contributed by atoms with Gasteiger partial charge in [-0.15, -0.1) is 0 Å². The summed E-state index contributed by atoms with van der Waals surface area (Å²) in [6.07, 6.45) is 0. The summed E-state index contributed by atoms with van der Waals surface area (Å²) < 4.78 is 1.11. The van der Waals surface area contributed by atoms with Crippen LogP contribution in [0.2, 0.25) is 0 Å². The van der Waals surface area contributed by atoms with Crippen LogP contribution < -0.4 is 0 Å². The van der Waals surface area contributed by atoms with E-state index < -0.39 is 0 Å². The molecule has 0 N–H and O–H groups in total. The maximum atomic E-state index is 12.0. The third-order valence-electron chi connectivity index (χ3n) is 2.34. The van der Waals surface area contributed by atoms with Crippen LogP contribution >= 0.6 is 22.6 Å². The fourth-order valence-electron chi connectivity index (χ4n) is 1.55. The standard InChI is InChI=1S/C12H16INO/c1-4-14(5-2)12(15)10-6-9(3)7-11(13)8-10/h6-8H,4-5H2,1-3H3. The summed E-state index contributed by atoms with van der Waals surface area (Å²) in [5.74, 6) is 0.126. The van der Waals surface area contributed by atoms with Crippen molar-refractivity contribution in [3.63, 3.8) is 0 Å². The van der Waals surface area contributed by atoms with Gasteiger partial charge in [0, 0.05) is 22.2 Å². The third kappa shape index (κ3) is 3.19. The fourth-order valence-corrected chi connectivity index (χ4v) is 2.38. The van der Waals surface area contributed by atoms with Crippen LogP contribution in [0.4, 0.5) is 0 Å². The van der Waals surface area contributed by atoms with Crippen LogP contribution in [0, 0.1) is 10.5 Å². The molecule has 0 fully saturated rings. The highest BCUT2D eigenvalue weighted by Gasteiger charge is 2.12. The van der Waals surface area contributed by atoms with Crippen molar-refractivity contribution >= 4 is 28.5 Å². The maximum Gasteiger partial charge on any atom is 0.253 e. The molecule has 0 aliphatic rings. The SMILES string of the molecule is CCN(CC)C(=O)c1cc(C)cc(I)c1. The molecule has 0 spiro atoms. The van der Waals surface area contributed by atoms with Crippen molar-refractivity contribution in [3.8, 4) is 0 Å². The molecule has 1 aromatic rings. The lowest BCUT2D eigenvalue weighted by Gasteiger charge is -2.18. The van der Waals surface area contributed by atoms with E-state index in [1.807, 2.05) is 37.8 Å². The Labute approximate surface area is 105 Å². The Morgan fingerprint density at radius 1 is 1.27 bits per heavy atom. The second-order valence-electron chi connectivity index (χ2n) is 3.49. The number of hydrogen-bond acceptors (Lipinski definition) is 1. The van der Waals surface area contributed by atoms with E-state index in [2.05, 4.69) is 28.7 Å². The molecule has 0 unspecified atom stereocenters. The van der Waals surface area contributed by atoms with Gasteiger partial charge in [-0.25, -0.2) is 0 Å². The van der Waals surface area contributed by atoms with E-state index >= 15 is 0 Å². The number of carbonyl (C=O) groups excluding carboxylic acids is 1. The largest absolute Gasteiger partial charge is 0.339 e. The van der Waals surface area contributed by atoms with Crippen molar-refractivity contribution in [2.24, 2.45) is 0 Å². The Morgan fingerprint density at radius 2 is 1.87 bits per heavy atom. The van der Waals surface area contributed by atoms with Crippen molar-refractivity contribution < 1.29 is 4.79 Å². The smallest absolute Gasteiger partial charge is 0.253 e. The topological polar surface area (TPSA) is 20.3 Å². The second-order valence-corrected chi connectivity index (χ2v) is 4.74. The molecule has 1 amide bonds. The van der Waals surface area contributed by atoms with E-state index in [-0.39, 0.29) is 5.91 Å². The van der Waals surface area contributed by atoms with Crippen molar-refractivity contribution in [3.05, 3.63) is 32.9 Å². The fraction of sp³-hybridized carbons (Fsp3) is 0.417. The molecule has 0 atom stereocenters. The predicted octanol–water partition coefficient (Wildman–Crippen LogP) is 3.08.